The lowest BCUT2D eigenvalue weighted by Crippen LogP contribution is -2.13. The maximum Gasteiger partial charge on any atom is 0.291 e. The molecule has 4 rings (SSSR count). The van der Waals surface area contributed by atoms with E-state index < -0.39 is 23.2 Å². The average Bonchev–Trinajstić information content (AvgIpc) is 3.25. The van der Waals surface area contributed by atoms with Crippen molar-refractivity contribution in [1.82, 2.24) is 0 Å². The molecular weight excluding hydrogens is 507 g/mol. The van der Waals surface area contributed by atoms with Crippen LogP contribution in [0, 0.1) is 11.6 Å². The maximum absolute atomic E-state index is 13.8. The van der Waals surface area contributed by atoms with Gasteiger partial charge in [-0.1, -0.05) is 46.9 Å². The molecule has 1 amide bonds. The van der Waals surface area contributed by atoms with Crippen LogP contribution in [0.5, 0.6) is 5.75 Å². The number of hydrogen-bond donors (Lipinski definition) is 1. The Balaban J connectivity index is 1.49. The Bertz CT molecular complexity index is 1340. The van der Waals surface area contributed by atoms with E-state index in [-0.39, 0.29) is 18.8 Å². The largest absolute Gasteiger partial charge is 0.489 e. The Kier molecular flexibility index (Phi) is 7.41. The molecule has 1 heterocycles. The first-order chi connectivity index (χ1) is 16.3. The summed E-state index contributed by atoms with van der Waals surface area (Å²) in [7, 11) is 0. The fourth-order valence-electron chi connectivity index (χ4n) is 3.20. The SMILES string of the molecule is O=C(Nc1c(F)cccc1F)c1ccc(Cc2cc(Cl)ccc2OCc2ccc(Cl)cc2Cl)o1. The third-order valence-corrected chi connectivity index (χ3v) is 5.69. The van der Waals surface area contributed by atoms with Crippen LogP contribution in [0.4, 0.5) is 14.5 Å². The number of anilines is 1. The monoisotopic (exact) mass is 521 g/mol. The fraction of sp³-hybridized carbons (Fsp3) is 0.0800. The number of nitrogens with one attached hydrogen (secondary N) is 1. The summed E-state index contributed by atoms with van der Waals surface area (Å²) in [5.74, 6) is -1.68. The molecule has 1 N–H and O–H groups in total. The van der Waals surface area contributed by atoms with Gasteiger partial charge in [0.2, 0.25) is 0 Å². The van der Waals surface area contributed by atoms with Gasteiger partial charge in [0.25, 0.3) is 5.91 Å². The maximum atomic E-state index is 13.8. The highest BCUT2D eigenvalue weighted by Gasteiger charge is 2.17. The van der Waals surface area contributed by atoms with Crippen molar-refractivity contribution in [2.24, 2.45) is 0 Å². The van der Waals surface area contributed by atoms with E-state index in [4.69, 9.17) is 44.0 Å². The van der Waals surface area contributed by atoms with Crippen LogP contribution >= 0.6 is 34.8 Å². The van der Waals surface area contributed by atoms with Crippen LogP contribution in [-0.2, 0) is 13.0 Å². The number of benzene rings is 3. The second kappa shape index (κ2) is 10.5. The van der Waals surface area contributed by atoms with E-state index in [1.165, 1.54) is 12.1 Å². The second-order valence-electron chi connectivity index (χ2n) is 7.27. The molecule has 0 aliphatic carbocycles. The van der Waals surface area contributed by atoms with Crippen molar-refractivity contribution in [3.63, 3.8) is 0 Å². The first-order valence-electron chi connectivity index (χ1n) is 9.99. The molecule has 1 aromatic heterocycles. The van der Waals surface area contributed by atoms with Crippen molar-refractivity contribution in [2.45, 2.75) is 13.0 Å². The third-order valence-electron chi connectivity index (χ3n) is 4.87. The topological polar surface area (TPSA) is 51.5 Å². The Morgan fingerprint density at radius 2 is 1.59 bits per heavy atom. The first-order valence-corrected chi connectivity index (χ1v) is 11.1. The minimum atomic E-state index is -0.887. The van der Waals surface area contributed by atoms with Crippen molar-refractivity contribution in [3.05, 3.63) is 116 Å². The molecule has 174 valence electrons. The van der Waals surface area contributed by atoms with Crippen LogP contribution in [0.25, 0.3) is 0 Å². The van der Waals surface area contributed by atoms with E-state index in [2.05, 4.69) is 5.32 Å². The molecule has 0 atom stereocenters. The van der Waals surface area contributed by atoms with E-state index in [0.29, 0.717) is 32.1 Å². The van der Waals surface area contributed by atoms with Crippen LogP contribution in [-0.4, -0.2) is 5.91 Å². The number of carbonyl (C=O) groups excluding carboxylic acids is 1. The lowest BCUT2D eigenvalue weighted by molar-refractivity contribution is 0.0994. The first kappa shape index (κ1) is 24.1. The molecule has 4 nitrogen and oxygen atoms in total. The van der Waals surface area contributed by atoms with Gasteiger partial charge in [-0.25, -0.2) is 8.78 Å². The molecule has 0 saturated heterocycles. The molecule has 0 fully saturated rings. The fourth-order valence-corrected chi connectivity index (χ4v) is 3.85. The highest BCUT2D eigenvalue weighted by Crippen LogP contribution is 2.29. The molecule has 0 radical (unpaired) electrons. The zero-order valence-electron chi connectivity index (χ0n) is 17.4. The van der Waals surface area contributed by atoms with E-state index in [0.717, 1.165) is 17.7 Å². The van der Waals surface area contributed by atoms with Crippen LogP contribution in [0.1, 0.15) is 27.4 Å². The van der Waals surface area contributed by atoms with Gasteiger partial charge in [-0.2, -0.15) is 0 Å². The van der Waals surface area contributed by atoms with Crippen molar-refractivity contribution in [2.75, 3.05) is 5.32 Å². The summed E-state index contributed by atoms with van der Waals surface area (Å²) < 4.78 is 39.2. The van der Waals surface area contributed by atoms with E-state index in [9.17, 15) is 13.6 Å². The summed E-state index contributed by atoms with van der Waals surface area (Å²) in [5.41, 5.74) is 0.917. The number of rotatable bonds is 7. The minimum absolute atomic E-state index is 0.102. The lowest BCUT2D eigenvalue weighted by Gasteiger charge is -2.12. The standard InChI is InChI=1S/C25H16Cl3F2NO3/c26-16-6-8-22(33-13-14-4-5-17(27)12-19(14)28)15(10-16)11-18-7-9-23(34-18)25(32)31-24-20(29)2-1-3-21(24)30/h1-10,12H,11,13H2,(H,31,32). The summed E-state index contributed by atoms with van der Waals surface area (Å²) in [4.78, 5) is 12.4. The Labute approximate surface area is 209 Å². The molecule has 0 spiro atoms. The van der Waals surface area contributed by atoms with Crippen molar-refractivity contribution >= 4 is 46.4 Å². The van der Waals surface area contributed by atoms with Crippen LogP contribution in [0.15, 0.2) is 71.1 Å². The van der Waals surface area contributed by atoms with Gasteiger partial charge >= 0.3 is 0 Å². The Hall–Kier alpha value is -3.06. The number of hydrogen-bond acceptors (Lipinski definition) is 3. The normalized spacial score (nSPS) is 10.9. The van der Waals surface area contributed by atoms with Crippen molar-refractivity contribution in [1.29, 1.82) is 0 Å². The number of halogens is 5. The summed E-state index contributed by atoms with van der Waals surface area (Å²) in [6.45, 7) is 0.199. The van der Waals surface area contributed by atoms with E-state index in [1.54, 1.807) is 42.5 Å². The van der Waals surface area contributed by atoms with Gasteiger partial charge in [-0.05, 0) is 54.6 Å². The van der Waals surface area contributed by atoms with Crippen molar-refractivity contribution in [3.8, 4) is 5.75 Å². The summed E-state index contributed by atoms with van der Waals surface area (Å²) in [5, 5.41) is 3.69. The average molecular weight is 523 g/mol. The van der Waals surface area contributed by atoms with Gasteiger partial charge in [0.1, 0.15) is 35.4 Å². The number of para-hydroxylation sites is 1. The molecule has 34 heavy (non-hydrogen) atoms. The molecule has 0 aliphatic heterocycles. The summed E-state index contributed by atoms with van der Waals surface area (Å²) >= 11 is 18.3. The molecule has 4 aromatic rings. The van der Waals surface area contributed by atoms with E-state index in [1.807, 2.05) is 0 Å². The van der Waals surface area contributed by atoms with Crippen LogP contribution < -0.4 is 10.1 Å². The zero-order chi connectivity index (χ0) is 24.2. The van der Waals surface area contributed by atoms with Gasteiger partial charge in [0.05, 0.1) is 0 Å². The van der Waals surface area contributed by atoms with Gasteiger partial charge < -0.3 is 14.5 Å². The number of carbonyl (C=O) groups is 1. The smallest absolute Gasteiger partial charge is 0.291 e. The highest BCUT2D eigenvalue weighted by molar-refractivity contribution is 6.35. The summed E-state index contributed by atoms with van der Waals surface area (Å²) in [6, 6.07) is 16.6. The van der Waals surface area contributed by atoms with Gasteiger partial charge in [-0.15, -0.1) is 0 Å². The highest BCUT2D eigenvalue weighted by atomic mass is 35.5. The molecule has 0 aliphatic rings. The third kappa shape index (κ3) is 5.70. The predicted octanol–water partition coefficient (Wildman–Crippen LogP) is 7.94. The number of amides is 1. The zero-order valence-corrected chi connectivity index (χ0v) is 19.6. The molecule has 0 unspecified atom stereocenters. The van der Waals surface area contributed by atoms with Crippen LogP contribution in [0.3, 0.4) is 0 Å². The molecule has 9 heteroatoms. The van der Waals surface area contributed by atoms with Gasteiger partial charge in [0, 0.05) is 32.6 Å². The molecule has 0 bridgehead atoms. The predicted molar refractivity (Wildman–Crippen MR) is 128 cm³/mol. The van der Waals surface area contributed by atoms with Gasteiger partial charge in [-0.3, -0.25) is 4.79 Å². The summed E-state index contributed by atoms with van der Waals surface area (Å²) in [6.07, 6.45) is 0.256. The molecule has 3 aromatic carbocycles. The number of furan rings is 1. The quantitative estimate of drug-likeness (QED) is 0.268. The van der Waals surface area contributed by atoms with Crippen LogP contribution in [0.2, 0.25) is 15.1 Å². The Morgan fingerprint density at radius 3 is 2.32 bits per heavy atom. The molecular formula is C25H16Cl3F2NO3. The minimum Gasteiger partial charge on any atom is -0.489 e. The van der Waals surface area contributed by atoms with Gasteiger partial charge in [0.15, 0.2) is 5.76 Å². The second-order valence-corrected chi connectivity index (χ2v) is 8.55. The van der Waals surface area contributed by atoms with E-state index >= 15 is 0 Å². The lowest BCUT2D eigenvalue weighted by atomic mass is 10.1. The Morgan fingerprint density at radius 1 is 0.882 bits per heavy atom. The molecule has 0 saturated carbocycles. The van der Waals surface area contributed by atoms with Crippen molar-refractivity contribution < 1.29 is 22.7 Å². The number of ether oxygens (including phenoxy) is 1.